The zero-order chi connectivity index (χ0) is 15.5. The number of benzene rings is 1. The lowest BCUT2D eigenvalue weighted by molar-refractivity contribution is -0.126. The van der Waals surface area contributed by atoms with E-state index in [2.05, 4.69) is 5.32 Å². The largest absolute Gasteiger partial charge is 0.353 e. The molecule has 1 saturated heterocycles. The highest BCUT2D eigenvalue weighted by molar-refractivity contribution is 7.89. The van der Waals surface area contributed by atoms with Crippen LogP contribution in [0, 0.1) is 6.92 Å². The first-order chi connectivity index (χ1) is 9.95. The highest BCUT2D eigenvalue weighted by atomic mass is 32.2. The average Bonchev–Trinajstić information content (AvgIpc) is 2.46. The molecule has 0 aromatic heterocycles. The maximum absolute atomic E-state index is 12.5. The van der Waals surface area contributed by atoms with Gasteiger partial charge in [0.15, 0.2) is 0 Å². The van der Waals surface area contributed by atoms with E-state index in [9.17, 15) is 13.2 Å². The molecule has 1 fully saturated rings. The van der Waals surface area contributed by atoms with E-state index >= 15 is 0 Å². The van der Waals surface area contributed by atoms with E-state index in [1.165, 1.54) is 4.31 Å². The van der Waals surface area contributed by atoms with Crippen molar-refractivity contribution in [1.82, 2.24) is 9.62 Å². The van der Waals surface area contributed by atoms with Crippen molar-refractivity contribution in [3.8, 4) is 0 Å². The molecular formula is C15H22N2O3S. The van der Waals surface area contributed by atoms with Crippen LogP contribution in [0.3, 0.4) is 0 Å². The third-order valence-electron chi connectivity index (χ3n) is 3.67. The standard InChI is InChI=1S/C15H22N2O3S/c1-3-4-11-21(19,20)17-10-9-16-15(18)14(17)13-7-5-12(2)6-8-13/h5-8,14H,3-4,9-11H2,1-2H3,(H,16,18). The normalized spacial score (nSPS) is 20.3. The van der Waals surface area contributed by atoms with Crippen molar-refractivity contribution in [1.29, 1.82) is 0 Å². The number of nitrogens with one attached hydrogen (secondary N) is 1. The molecule has 1 heterocycles. The van der Waals surface area contributed by atoms with Crippen molar-refractivity contribution < 1.29 is 13.2 Å². The molecule has 0 saturated carbocycles. The van der Waals surface area contributed by atoms with Crippen LogP contribution in [-0.4, -0.2) is 37.5 Å². The lowest BCUT2D eigenvalue weighted by Crippen LogP contribution is -2.52. The highest BCUT2D eigenvalue weighted by Gasteiger charge is 2.38. The van der Waals surface area contributed by atoms with Crippen LogP contribution in [0.1, 0.15) is 36.9 Å². The Balaban J connectivity index is 2.33. The van der Waals surface area contributed by atoms with Crippen LogP contribution in [0.25, 0.3) is 0 Å². The fourth-order valence-corrected chi connectivity index (χ4v) is 4.25. The Morgan fingerprint density at radius 1 is 1.29 bits per heavy atom. The second-order valence-electron chi connectivity index (χ2n) is 5.38. The minimum Gasteiger partial charge on any atom is -0.353 e. The summed E-state index contributed by atoms with van der Waals surface area (Å²) >= 11 is 0. The lowest BCUT2D eigenvalue weighted by atomic mass is 10.0. The molecule has 0 bridgehead atoms. The highest BCUT2D eigenvalue weighted by Crippen LogP contribution is 2.27. The van der Waals surface area contributed by atoms with E-state index in [1.807, 2.05) is 38.1 Å². The van der Waals surface area contributed by atoms with Gasteiger partial charge < -0.3 is 5.32 Å². The predicted molar refractivity (Wildman–Crippen MR) is 82.3 cm³/mol. The quantitative estimate of drug-likeness (QED) is 0.898. The third-order valence-corrected chi connectivity index (χ3v) is 5.59. The van der Waals surface area contributed by atoms with Crippen LogP contribution in [0.15, 0.2) is 24.3 Å². The van der Waals surface area contributed by atoms with Gasteiger partial charge in [-0.25, -0.2) is 8.42 Å². The Bertz CT molecular complexity index is 596. The molecule has 0 radical (unpaired) electrons. The number of aryl methyl sites for hydroxylation is 1. The number of rotatable bonds is 5. The molecular weight excluding hydrogens is 288 g/mol. The fraction of sp³-hybridized carbons (Fsp3) is 0.533. The first-order valence-electron chi connectivity index (χ1n) is 7.29. The second kappa shape index (κ2) is 6.58. The molecule has 2 rings (SSSR count). The topological polar surface area (TPSA) is 66.5 Å². The van der Waals surface area contributed by atoms with Crippen molar-refractivity contribution in [3.63, 3.8) is 0 Å². The summed E-state index contributed by atoms with van der Waals surface area (Å²) in [5, 5.41) is 2.76. The second-order valence-corrected chi connectivity index (χ2v) is 7.43. The molecule has 1 aromatic rings. The van der Waals surface area contributed by atoms with E-state index in [1.54, 1.807) is 0 Å². The number of nitrogens with zero attached hydrogens (tertiary/aromatic N) is 1. The Morgan fingerprint density at radius 2 is 1.95 bits per heavy atom. The van der Waals surface area contributed by atoms with Gasteiger partial charge in [0.2, 0.25) is 15.9 Å². The number of piperazine rings is 1. The molecule has 5 nitrogen and oxygen atoms in total. The number of hydrogen-bond acceptors (Lipinski definition) is 3. The van der Waals surface area contributed by atoms with Crippen molar-refractivity contribution in [2.75, 3.05) is 18.8 Å². The fourth-order valence-electron chi connectivity index (χ4n) is 2.46. The Hall–Kier alpha value is -1.40. The summed E-state index contributed by atoms with van der Waals surface area (Å²) in [6.07, 6.45) is 1.43. The van der Waals surface area contributed by atoms with Crippen molar-refractivity contribution in [2.24, 2.45) is 0 Å². The van der Waals surface area contributed by atoms with E-state index in [0.717, 1.165) is 17.5 Å². The van der Waals surface area contributed by atoms with Gasteiger partial charge in [-0.1, -0.05) is 43.2 Å². The summed E-state index contributed by atoms with van der Waals surface area (Å²) < 4.78 is 26.3. The first-order valence-corrected chi connectivity index (χ1v) is 8.90. The van der Waals surface area contributed by atoms with Gasteiger partial charge >= 0.3 is 0 Å². The van der Waals surface area contributed by atoms with Gasteiger partial charge in [0.05, 0.1) is 5.75 Å². The number of hydrogen-bond donors (Lipinski definition) is 1. The molecule has 21 heavy (non-hydrogen) atoms. The minimum absolute atomic E-state index is 0.0964. The molecule has 1 aliphatic heterocycles. The minimum atomic E-state index is -3.41. The van der Waals surface area contributed by atoms with Gasteiger partial charge in [0.25, 0.3) is 0 Å². The van der Waals surface area contributed by atoms with Gasteiger partial charge in [0.1, 0.15) is 6.04 Å². The number of sulfonamides is 1. The first kappa shape index (κ1) is 16.0. The zero-order valence-corrected chi connectivity index (χ0v) is 13.3. The summed E-state index contributed by atoms with van der Waals surface area (Å²) in [5.41, 5.74) is 1.80. The summed E-state index contributed by atoms with van der Waals surface area (Å²) in [7, 11) is -3.41. The van der Waals surface area contributed by atoms with Crippen molar-refractivity contribution in [2.45, 2.75) is 32.7 Å². The molecule has 1 aliphatic rings. The Morgan fingerprint density at radius 3 is 2.57 bits per heavy atom. The average molecular weight is 310 g/mol. The van der Waals surface area contributed by atoms with Gasteiger partial charge in [-0.15, -0.1) is 0 Å². The molecule has 116 valence electrons. The summed E-state index contributed by atoms with van der Waals surface area (Å²) in [6, 6.07) is 6.70. The van der Waals surface area contributed by atoms with Gasteiger partial charge in [0, 0.05) is 13.1 Å². The van der Waals surface area contributed by atoms with Crippen LogP contribution < -0.4 is 5.32 Å². The maximum atomic E-state index is 12.5. The van der Waals surface area contributed by atoms with Crippen molar-refractivity contribution in [3.05, 3.63) is 35.4 Å². The summed E-state index contributed by atoms with van der Waals surface area (Å²) in [5.74, 6) is -0.149. The lowest BCUT2D eigenvalue weighted by Gasteiger charge is -2.34. The summed E-state index contributed by atoms with van der Waals surface area (Å²) in [6.45, 7) is 4.61. The maximum Gasteiger partial charge on any atom is 0.243 e. The number of carbonyl (C=O) groups is 1. The van der Waals surface area contributed by atoms with Crippen molar-refractivity contribution >= 4 is 15.9 Å². The van der Waals surface area contributed by atoms with E-state index in [4.69, 9.17) is 0 Å². The van der Waals surface area contributed by atoms with Crippen LogP contribution in [0.5, 0.6) is 0 Å². The predicted octanol–water partition coefficient (Wildman–Crippen LogP) is 1.60. The molecule has 1 atom stereocenters. The van der Waals surface area contributed by atoms with Crippen LogP contribution in [0.4, 0.5) is 0 Å². The van der Waals surface area contributed by atoms with Gasteiger partial charge in [-0.05, 0) is 18.9 Å². The molecule has 6 heteroatoms. The zero-order valence-electron chi connectivity index (χ0n) is 12.5. The Labute approximate surface area is 126 Å². The molecule has 1 aromatic carbocycles. The molecule has 1 N–H and O–H groups in total. The SMILES string of the molecule is CCCCS(=O)(=O)N1CCNC(=O)C1c1ccc(C)cc1. The number of unbranched alkanes of at least 4 members (excludes halogenated alkanes) is 1. The van der Waals surface area contributed by atoms with Crippen LogP contribution >= 0.6 is 0 Å². The van der Waals surface area contributed by atoms with Crippen LogP contribution in [0.2, 0.25) is 0 Å². The third kappa shape index (κ3) is 3.63. The number of amides is 1. The molecule has 0 spiro atoms. The van der Waals surface area contributed by atoms with Gasteiger partial charge in [-0.3, -0.25) is 4.79 Å². The molecule has 0 aliphatic carbocycles. The van der Waals surface area contributed by atoms with Gasteiger partial charge in [-0.2, -0.15) is 4.31 Å². The van der Waals surface area contributed by atoms with E-state index in [0.29, 0.717) is 19.5 Å². The monoisotopic (exact) mass is 310 g/mol. The molecule has 1 unspecified atom stereocenters. The summed E-state index contributed by atoms with van der Waals surface area (Å²) in [4.78, 5) is 12.2. The smallest absolute Gasteiger partial charge is 0.243 e. The van der Waals surface area contributed by atoms with E-state index in [-0.39, 0.29) is 11.7 Å². The Kier molecular flexibility index (Phi) is 5.00. The van der Waals surface area contributed by atoms with Crippen LogP contribution in [-0.2, 0) is 14.8 Å². The van der Waals surface area contributed by atoms with E-state index < -0.39 is 16.1 Å². The molecule has 1 amide bonds. The number of carbonyl (C=O) groups excluding carboxylic acids is 1.